The van der Waals surface area contributed by atoms with Crippen molar-refractivity contribution in [2.45, 2.75) is 56.0 Å². The van der Waals surface area contributed by atoms with Gasteiger partial charge in [0.05, 0.1) is 56.1 Å². The number of rotatable bonds is 7. The number of nitriles is 1. The van der Waals surface area contributed by atoms with Crippen molar-refractivity contribution >= 4 is 55.3 Å². The maximum absolute atomic E-state index is 14.2. The van der Waals surface area contributed by atoms with E-state index in [9.17, 15) is 110 Å². The summed E-state index contributed by atoms with van der Waals surface area (Å²) in [6.45, 7) is 0.315. The van der Waals surface area contributed by atoms with Crippen molar-refractivity contribution in [3.63, 3.8) is 0 Å². The SMILES string of the molecule is FC(F)(F)c1cc([B-](c2cc(C(F)(F)F)cc(C(F)(F)F)c2)(c2cc(C(F)(F)F)cc(C(F)(F)F)c2)c2cc(C(F)(F)F)cc(C(F)(F)F)c2)cc(C(F)(F)F)c1.N#Cc1ccc(C(=O)C[n+]2csc3ccccc32)cc1. The first-order valence-electron chi connectivity index (χ1n) is 20.8. The van der Waals surface area contributed by atoms with E-state index < -0.39 is 195 Å². The Morgan fingerprint density at radius 3 is 0.948 bits per heavy atom. The molecule has 0 saturated carbocycles. The van der Waals surface area contributed by atoms with Crippen LogP contribution in [0.15, 0.2) is 127 Å². The Morgan fingerprint density at radius 2 is 0.688 bits per heavy atom. The Bertz CT molecular complexity index is 2930. The number of benzene rings is 6. The third-order valence-electron chi connectivity index (χ3n) is 11.6. The lowest BCUT2D eigenvalue weighted by Crippen LogP contribution is -2.75. The van der Waals surface area contributed by atoms with Gasteiger partial charge in [0.15, 0.2) is 0 Å². The van der Waals surface area contributed by atoms with Crippen LogP contribution in [0.4, 0.5) is 105 Å². The van der Waals surface area contributed by atoms with Crippen molar-refractivity contribution in [3.05, 3.63) is 182 Å². The Kier molecular flexibility index (Phi) is 15.5. The van der Waals surface area contributed by atoms with Gasteiger partial charge in [0.2, 0.25) is 23.4 Å². The molecule has 29 heteroatoms. The molecule has 77 heavy (non-hydrogen) atoms. The number of aromatic nitrogens is 1. The molecule has 6 aromatic carbocycles. The fourth-order valence-electron chi connectivity index (χ4n) is 8.14. The number of para-hydroxylation sites is 1. The van der Waals surface area contributed by atoms with Gasteiger partial charge in [-0.15, -0.1) is 0 Å². The standard InChI is InChI=1S/C32H12BF24.C16H11N2OS/c34-25(35,36)13-1-14(26(37,38)39)6-21(5-13)33(22-7-15(27(40,41)42)2-16(8-22)28(43,44)45,23-9-17(29(46,47)48)3-18(10-23)30(49,50)51)24-11-19(31(52,53)54)4-20(12-24)32(55,56)57;17-9-12-5-7-13(8-6-12)15(19)10-18-11-20-16-4-2-1-3-14(16)18/h1-12H;1-8,11H,10H2/q-1;+1. The van der Waals surface area contributed by atoms with Crippen LogP contribution in [0.1, 0.15) is 60.4 Å². The molecule has 0 radical (unpaired) electrons. The van der Waals surface area contributed by atoms with Crippen molar-refractivity contribution in [3.8, 4) is 6.07 Å². The van der Waals surface area contributed by atoms with E-state index in [4.69, 9.17) is 5.26 Å². The number of alkyl halides is 24. The summed E-state index contributed by atoms with van der Waals surface area (Å²) >= 11 is 1.62. The molecule has 1 aromatic heterocycles. The van der Waals surface area contributed by atoms with Gasteiger partial charge in [0.1, 0.15) is 10.8 Å². The minimum Gasteiger partial charge on any atom is -0.287 e. The van der Waals surface area contributed by atoms with Crippen LogP contribution in [0.2, 0.25) is 0 Å². The highest BCUT2D eigenvalue weighted by Crippen LogP contribution is 2.41. The minimum absolute atomic E-state index is 0.0445. The Balaban J connectivity index is 0.000000397. The summed E-state index contributed by atoms with van der Waals surface area (Å²) in [5, 5.41) is 8.76. The van der Waals surface area contributed by atoms with E-state index >= 15 is 0 Å². The summed E-state index contributed by atoms with van der Waals surface area (Å²) in [6, 6.07) is 8.00. The van der Waals surface area contributed by atoms with Crippen LogP contribution in [0, 0.1) is 11.3 Å². The highest BCUT2D eigenvalue weighted by Gasteiger charge is 2.47. The number of carbonyl (C=O) groups is 1. The molecule has 0 amide bonds. The number of Topliss-reactive ketones (excluding diaryl/α,β-unsaturated/α-hetero) is 1. The third kappa shape index (κ3) is 13.1. The van der Waals surface area contributed by atoms with Crippen molar-refractivity contribution < 1.29 is 115 Å². The Morgan fingerprint density at radius 1 is 0.416 bits per heavy atom. The van der Waals surface area contributed by atoms with Gasteiger partial charge in [0, 0.05) is 11.6 Å². The van der Waals surface area contributed by atoms with E-state index in [0.717, 1.165) is 5.52 Å². The maximum Gasteiger partial charge on any atom is 0.416 e. The van der Waals surface area contributed by atoms with Gasteiger partial charge in [-0.05, 0) is 54.6 Å². The molecule has 0 N–H and O–H groups in total. The van der Waals surface area contributed by atoms with Gasteiger partial charge in [-0.25, -0.2) is 0 Å². The van der Waals surface area contributed by atoms with Gasteiger partial charge in [-0.1, -0.05) is 72.0 Å². The second kappa shape index (κ2) is 20.3. The van der Waals surface area contributed by atoms with Crippen LogP contribution in [0.25, 0.3) is 10.2 Å². The fraction of sp³-hybridized carbons (Fsp3) is 0.188. The van der Waals surface area contributed by atoms with Crippen LogP contribution in [0.3, 0.4) is 0 Å². The van der Waals surface area contributed by atoms with E-state index in [1.165, 1.54) is 4.70 Å². The molecule has 0 aliphatic heterocycles. The van der Waals surface area contributed by atoms with Crippen molar-refractivity contribution in [2.75, 3.05) is 0 Å². The summed E-state index contributed by atoms with van der Waals surface area (Å²) in [6.07, 6.45) is -54.8. The monoisotopic (exact) mass is 1140 g/mol. The minimum atomic E-state index is -6.13. The van der Waals surface area contributed by atoms with E-state index in [1.54, 1.807) is 35.6 Å². The van der Waals surface area contributed by atoms with E-state index in [2.05, 4.69) is 0 Å². The van der Waals surface area contributed by atoms with Crippen LogP contribution in [-0.2, 0) is 56.0 Å². The number of ketones is 1. The topological polar surface area (TPSA) is 44.7 Å². The predicted octanol–water partition coefficient (Wildman–Crippen LogP) is 14.2. The molecule has 0 spiro atoms. The van der Waals surface area contributed by atoms with Gasteiger partial charge in [-0.3, -0.25) is 4.79 Å². The second-order valence-corrected chi connectivity index (χ2v) is 17.5. The molecule has 1 heterocycles. The second-order valence-electron chi connectivity index (χ2n) is 16.7. The lowest BCUT2D eigenvalue weighted by Gasteiger charge is -2.46. The van der Waals surface area contributed by atoms with E-state index in [1.807, 2.05) is 40.4 Å². The molecule has 0 saturated heterocycles. The Hall–Kier alpha value is -7.25. The third-order valence-corrected chi connectivity index (χ3v) is 12.5. The van der Waals surface area contributed by atoms with Gasteiger partial charge in [0.25, 0.3) is 0 Å². The van der Waals surface area contributed by atoms with Gasteiger partial charge in [-0.2, -0.15) is 137 Å². The molecule has 0 fully saturated rings. The highest BCUT2D eigenvalue weighted by atomic mass is 32.1. The highest BCUT2D eigenvalue weighted by molar-refractivity contribution is 7.20. The van der Waals surface area contributed by atoms with Crippen molar-refractivity contribution in [2.24, 2.45) is 0 Å². The quantitative estimate of drug-likeness (QED) is 0.0691. The van der Waals surface area contributed by atoms with Crippen molar-refractivity contribution in [1.29, 1.82) is 5.26 Å². The summed E-state index contributed by atoms with van der Waals surface area (Å²) in [4.78, 5) is 12.3. The largest absolute Gasteiger partial charge is 0.416 e. The van der Waals surface area contributed by atoms with Crippen LogP contribution < -0.4 is 26.4 Å². The molecule has 7 rings (SSSR count). The Labute approximate surface area is 419 Å². The van der Waals surface area contributed by atoms with Crippen molar-refractivity contribution in [1.82, 2.24) is 0 Å². The number of hydrogen-bond acceptors (Lipinski definition) is 3. The van der Waals surface area contributed by atoms with Crippen LogP contribution >= 0.6 is 11.3 Å². The average Bonchev–Trinajstić information content (AvgIpc) is 3.71. The normalized spacial score (nSPS) is 13.3. The fourth-order valence-corrected chi connectivity index (χ4v) is 9.03. The van der Waals surface area contributed by atoms with Gasteiger partial charge < -0.3 is 0 Å². The molecule has 0 unspecified atom stereocenters. The number of thiazole rings is 1. The van der Waals surface area contributed by atoms with Gasteiger partial charge >= 0.3 is 49.4 Å². The van der Waals surface area contributed by atoms with E-state index in [0.29, 0.717) is 17.7 Å². The number of halogens is 24. The summed E-state index contributed by atoms with van der Waals surface area (Å²) < 4.78 is 344. The summed E-state index contributed by atoms with van der Waals surface area (Å²) in [5.41, 5.74) is -26.0. The first kappa shape index (κ1) is 59.0. The molecule has 3 nitrogen and oxygen atoms in total. The molecular formula is C48H23BF24N2OS. The maximum atomic E-state index is 14.2. The molecule has 408 valence electrons. The molecule has 0 aliphatic carbocycles. The summed E-state index contributed by atoms with van der Waals surface area (Å²) in [7, 11) is 0. The lowest BCUT2D eigenvalue weighted by molar-refractivity contribution is -0.652. The predicted molar refractivity (Wildman–Crippen MR) is 228 cm³/mol. The molecule has 0 atom stereocenters. The van der Waals surface area contributed by atoms with Crippen LogP contribution in [0.5, 0.6) is 0 Å². The molecule has 0 aliphatic rings. The first-order chi connectivity index (χ1) is 35.0. The molecular weight excluding hydrogens is 1120 g/mol. The average molecular weight is 1140 g/mol. The van der Waals surface area contributed by atoms with Crippen LogP contribution in [-0.4, -0.2) is 11.9 Å². The first-order valence-corrected chi connectivity index (χ1v) is 21.7. The lowest BCUT2D eigenvalue weighted by atomic mass is 9.12. The number of fused-ring (bicyclic) bond motifs is 1. The smallest absolute Gasteiger partial charge is 0.287 e. The number of nitrogens with zero attached hydrogens (tertiary/aromatic N) is 2. The summed E-state index contributed by atoms with van der Waals surface area (Å²) in [5.74, 6) is 0.0445. The number of hydrogen-bond donors (Lipinski definition) is 0. The zero-order chi connectivity index (χ0) is 57.9. The molecule has 7 aromatic rings. The zero-order valence-corrected chi connectivity index (χ0v) is 38.0. The molecule has 0 bridgehead atoms. The van der Waals surface area contributed by atoms with E-state index in [-0.39, 0.29) is 5.78 Å². The number of carbonyl (C=O) groups excluding carboxylic acids is 1. The zero-order valence-electron chi connectivity index (χ0n) is 37.2.